The highest BCUT2D eigenvalue weighted by Gasteiger charge is 2.20. The zero-order valence-electron chi connectivity index (χ0n) is 18.6. The third-order valence-corrected chi connectivity index (χ3v) is 4.98. The molecule has 0 radical (unpaired) electrons. The maximum absolute atomic E-state index is 12.6. The van der Waals surface area contributed by atoms with Gasteiger partial charge < -0.3 is 10.6 Å². The highest BCUT2D eigenvalue weighted by Crippen LogP contribution is 2.23. The average molecular weight is 449 g/mol. The highest BCUT2D eigenvalue weighted by atomic mass is 16.6. The van der Waals surface area contributed by atoms with Crippen molar-refractivity contribution in [1.29, 1.82) is 0 Å². The molecule has 0 saturated carbocycles. The quantitative estimate of drug-likeness (QED) is 0.439. The van der Waals surface area contributed by atoms with Gasteiger partial charge in [0.05, 0.1) is 11.5 Å². The molecule has 0 unspecified atom stereocenters. The van der Waals surface area contributed by atoms with Crippen molar-refractivity contribution in [1.82, 2.24) is 15.1 Å². The Hall–Kier alpha value is -4.34. The number of aryl methyl sites for hydroxylation is 4. The van der Waals surface area contributed by atoms with E-state index in [-0.39, 0.29) is 17.9 Å². The Bertz CT molecular complexity index is 1310. The maximum atomic E-state index is 12.6. The summed E-state index contributed by atoms with van der Waals surface area (Å²) in [5.41, 5.74) is 2.56. The van der Waals surface area contributed by atoms with Gasteiger partial charge >= 0.3 is 0 Å². The summed E-state index contributed by atoms with van der Waals surface area (Å²) in [4.78, 5) is 48.2. The predicted octanol–water partition coefficient (Wildman–Crippen LogP) is 2.74. The molecule has 0 aliphatic heterocycles. The van der Waals surface area contributed by atoms with Crippen LogP contribution in [0.5, 0.6) is 0 Å². The van der Waals surface area contributed by atoms with Gasteiger partial charge in [-0.1, -0.05) is 29.8 Å². The number of rotatable bonds is 6. The number of hydrogen-bond acceptors (Lipinski definition) is 6. The molecule has 0 aliphatic carbocycles. The van der Waals surface area contributed by atoms with Crippen LogP contribution < -0.4 is 16.1 Å². The lowest BCUT2D eigenvalue weighted by molar-refractivity contribution is -0.384. The number of nitro groups is 1. The fourth-order valence-corrected chi connectivity index (χ4v) is 3.55. The van der Waals surface area contributed by atoms with Crippen molar-refractivity contribution in [2.24, 2.45) is 0 Å². The van der Waals surface area contributed by atoms with Crippen molar-refractivity contribution >= 4 is 23.2 Å². The Morgan fingerprint density at radius 3 is 2.33 bits per heavy atom. The molecule has 0 saturated heterocycles. The van der Waals surface area contributed by atoms with Gasteiger partial charge in [-0.2, -0.15) is 5.10 Å². The van der Waals surface area contributed by atoms with E-state index in [2.05, 4.69) is 15.7 Å². The minimum absolute atomic E-state index is 0.108. The number of anilines is 1. The topological polar surface area (TPSA) is 136 Å². The van der Waals surface area contributed by atoms with Crippen LogP contribution in [0.1, 0.15) is 32.9 Å². The van der Waals surface area contributed by atoms with E-state index in [0.717, 1.165) is 27.4 Å². The Morgan fingerprint density at radius 2 is 1.70 bits per heavy atom. The first-order valence-electron chi connectivity index (χ1n) is 10.1. The lowest BCUT2D eigenvalue weighted by Gasteiger charge is -2.14. The number of hydrogen-bond donors (Lipinski definition) is 2. The van der Waals surface area contributed by atoms with Gasteiger partial charge in [0.1, 0.15) is 5.69 Å². The van der Waals surface area contributed by atoms with Gasteiger partial charge in [-0.05, 0) is 44.9 Å². The average Bonchev–Trinajstić information content (AvgIpc) is 2.74. The molecule has 0 aliphatic rings. The van der Waals surface area contributed by atoms with Crippen LogP contribution in [0.4, 0.5) is 11.4 Å². The standard InChI is InChI=1S/C23H23N5O5/c1-13-9-14(2)21(15(3)10-13)25-20(30)12-24-23(31)22-19(29)11-16(4)27(26-22)17-7-5-6-8-18(17)28(32)33/h5-11H,12H2,1-4H3,(H,24,31)(H,25,30). The van der Waals surface area contributed by atoms with Crippen molar-refractivity contribution in [3.8, 4) is 5.69 Å². The molecule has 0 fully saturated rings. The van der Waals surface area contributed by atoms with Gasteiger partial charge in [0.2, 0.25) is 11.3 Å². The van der Waals surface area contributed by atoms with E-state index in [9.17, 15) is 24.5 Å². The van der Waals surface area contributed by atoms with Gasteiger partial charge in [-0.3, -0.25) is 24.5 Å². The monoisotopic (exact) mass is 449 g/mol. The summed E-state index contributed by atoms with van der Waals surface area (Å²) in [6.45, 7) is 6.86. The van der Waals surface area contributed by atoms with Crippen molar-refractivity contribution in [3.05, 3.63) is 90.9 Å². The van der Waals surface area contributed by atoms with E-state index in [1.807, 2.05) is 32.9 Å². The number of nitro benzene ring substituents is 1. The van der Waals surface area contributed by atoms with Gasteiger partial charge in [-0.25, -0.2) is 4.68 Å². The van der Waals surface area contributed by atoms with Crippen LogP contribution in [0.2, 0.25) is 0 Å². The van der Waals surface area contributed by atoms with E-state index in [1.165, 1.54) is 18.2 Å². The summed E-state index contributed by atoms with van der Waals surface area (Å²) in [6, 6.07) is 10.9. The zero-order chi connectivity index (χ0) is 24.3. The number of amides is 2. The molecule has 2 amide bonds. The van der Waals surface area contributed by atoms with E-state index in [0.29, 0.717) is 11.4 Å². The van der Waals surface area contributed by atoms with Crippen molar-refractivity contribution < 1.29 is 14.5 Å². The van der Waals surface area contributed by atoms with Crippen LogP contribution in [0.25, 0.3) is 5.69 Å². The number of carbonyl (C=O) groups excluding carboxylic acids is 2. The summed E-state index contributed by atoms with van der Waals surface area (Å²) in [5, 5.41) is 20.6. The first-order valence-corrected chi connectivity index (χ1v) is 10.1. The predicted molar refractivity (Wildman–Crippen MR) is 123 cm³/mol. The largest absolute Gasteiger partial charge is 0.341 e. The lowest BCUT2D eigenvalue weighted by atomic mass is 10.1. The Morgan fingerprint density at radius 1 is 1.06 bits per heavy atom. The molecule has 3 aromatic rings. The normalized spacial score (nSPS) is 10.5. The number of aromatic nitrogens is 2. The molecule has 0 atom stereocenters. The van der Waals surface area contributed by atoms with Crippen LogP contribution in [0, 0.1) is 37.8 Å². The minimum Gasteiger partial charge on any atom is -0.341 e. The molecule has 0 bridgehead atoms. The first-order chi connectivity index (χ1) is 15.6. The third-order valence-electron chi connectivity index (χ3n) is 4.98. The molecule has 10 nitrogen and oxygen atoms in total. The first kappa shape index (κ1) is 23.3. The van der Waals surface area contributed by atoms with E-state index in [4.69, 9.17) is 0 Å². The second kappa shape index (κ2) is 9.43. The zero-order valence-corrected chi connectivity index (χ0v) is 18.6. The van der Waals surface area contributed by atoms with Crippen LogP contribution in [0.15, 0.2) is 47.3 Å². The van der Waals surface area contributed by atoms with Crippen molar-refractivity contribution in [2.45, 2.75) is 27.7 Å². The van der Waals surface area contributed by atoms with Crippen molar-refractivity contribution in [3.63, 3.8) is 0 Å². The number of benzene rings is 2. The summed E-state index contributed by atoms with van der Waals surface area (Å²) in [7, 11) is 0. The van der Waals surface area contributed by atoms with Gasteiger partial charge in [0.15, 0.2) is 5.69 Å². The molecule has 3 rings (SSSR count). The minimum atomic E-state index is -0.861. The smallest absolute Gasteiger partial charge is 0.294 e. The summed E-state index contributed by atoms with van der Waals surface area (Å²) >= 11 is 0. The Balaban J connectivity index is 1.81. The van der Waals surface area contributed by atoms with Crippen LogP contribution in [0.3, 0.4) is 0 Å². The number of carbonyl (C=O) groups is 2. The van der Waals surface area contributed by atoms with Crippen LogP contribution in [-0.2, 0) is 4.79 Å². The Kier molecular flexibility index (Phi) is 6.67. The molecule has 0 spiro atoms. The van der Waals surface area contributed by atoms with Gasteiger partial charge in [-0.15, -0.1) is 0 Å². The highest BCUT2D eigenvalue weighted by molar-refractivity contribution is 5.99. The van der Waals surface area contributed by atoms with Crippen LogP contribution >= 0.6 is 0 Å². The molecule has 1 aromatic heterocycles. The second-order valence-electron chi connectivity index (χ2n) is 7.66. The number of nitrogens with one attached hydrogen (secondary N) is 2. The molecular weight excluding hydrogens is 426 g/mol. The van der Waals surface area contributed by atoms with Gasteiger partial charge in [0.25, 0.3) is 11.6 Å². The van der Waals surface area contributed by atoms with Gasteiger partial charge in [0, 0.05) is 23.5 Å². The van der Waals surface area contributed by atoms with E-state index < -0.39 is 27.9 Å². The Labute approximate surface area is 189 Å². The molecule has 2 N–H and O–H groups in total. The van der Waals surface area contributed by atoms with Crippen LogP contribution in [-0.4, -0.2) is 33.1 Å². The van der Waals surface area contributed by atoms with E-state index >= 15 is 0 Å². The molecule has 170 valence electrons. The van der Waals surface area contributed by atoms with E-state index in [1.54, 1.807) is 13.0 Å². The summed E-state index contributed by atoms with van der Waals surface area (Å²) in [5.74, 6) is -1.33. The second-order valence-corrected chi connectivity index (χ2v) is 7.66. The number of nitrogens with zero attached hydrogens (tertiary/aromatic N) is 3. The lowest BCUT2D eigenvalue weighted by Crippen LogP contribution is -2.37. The molecule has 1 heterocycles. The third kappa shape index (κ3) is 5.12. The molecule has 2 aromatic carbocycles. The number of para-hydroxylation sites is 2. The summed E-state index contributed by atoms with van der Waals surface area (Å²) in [6.07, 6.45) is 0. The SMILES string of the molecule is Cc1cc(C)c(NC(=O)CNC(=O)c2nn(-c3ccccc3[N+](=O)[O-])c(C)cc2=O)c(C)c1. The fourth-order valence-electron chi connectivity index (χ4n) is 3.55. The summed E-state index contributed by atoms with van der Waals surface area (Å²) < 4.78 is 1.16. The van der Waals surface area contributed by atoms with Crippen molar-refractivity contribution in [2.75, 3.05) is 11.9 Å². The fraction of sp³-hybridized carbons (Fsp3) is 0.217. The molecular formula is C23H23N5O5. The molecule has 33 heavy (non-hydrogen) atoms. The molecule has 10 heteroatoms. The maximum Gasteiger partial charge on any atom is 0.294 e.